The largest absolute Gasteiger partial charge is 0.480 e. The summed E-state index contributed by atoms with van der Waals surface area (Å²) in [4.78, 5) is 22.1. The van der Waals surface area contributed by atoms with Crippen LogP contribution in [0.5, 0.6) is 0 Å². The average Bonchev–Trinajstić information content (AvgIpc) is 2.32. The van der Waals surface area contributed by atoms with Crippen LogP contribution in [0.15, 0.2) is 18.2 Å². The van der Waals surface area contributed by atoms with Crippen molar-refractivity contribution in [3.63, 3.8) is 0 Å². The van der Waals surface area contributed by atoms with Crippen LogP contribution in [0.3, 0.4) is 0 Å². The number of carboxylic acids is 1. The highest BCUT2D eigenvalue weighted by atomic mass is 19.1. The highest BCUT2D eigenvalue weighted by Gasteiger charge is 2.19. The van der Waals surface area contributed by atoms with Gasteiger partial charge in [-0.1, -0.05) is 0 Å². The molecule has 0 spiro atoms. The number of benzene rings is 1. The summed E-state index contributed by atoms with van der Waals surface area (Å²) >= 11 is 0. The second-order valence-corrected chi connectivity index (χ2v) is 3.63. The smallest absolute Gasteiger partial charge is 0.326 e. The molecule has 0 saturated carbocycles. The summed E-state index contributed by atoms with van der Waals surface area (Å²) in [5, 5.41) is 21.4. The van der Waals surface area contributed by atoms with Gasteiger partial charge in [0, 0.05) is 19.1 Å². The Morgan fingerprint density at radius 1 is 1.32 bits per heavy atom. The van der Waals surface area contributed by atoms with Crippen LogP contribution < -0.4 is 10.6 Å². The zero-order valence-corrected chi connectivity index (χ0v) is 9.69. The van der Waals surface area contributed by atoms with Gasteiger partial charge < -0.3 is 20.8 Å². The summed E-state index contributed by atoms with van der Waals surface area (Å²) in [5.74, 6) is -3.11. The van der Waals surface area contributed by atoms with Crippen molar-refractivity contribution in [1.29, 1.82) is 0 Å². The molecule has 19 heavy (non-hydrogen) atoms. The first-order chi connectivity index (χ1) is 8.93. The van der Waals surface area contributed by atoms with Crippen LogP contribution in [0.25, 0.3) is 0 Å². The van der Waals surface area contributed by atoms with E-state index < -0.39 is 36.3 Å². The Hall–Kier alpha value is -2.22. The van der Waals surface area contributed by atoms with Crippen LogP contribution in [0.1, 0.15) is 6.42 Å². The predicted octanol–water partition coefficient (Wildman–Crippen LogP) is 0.922. The molecule has 0 aliphatic carbocycles. The van der Waals surface area contributed by atoms with E-state index in [1.807, 2.05) is 10.6 Å². The molecule has 1 rings (SSSR count). The summed E-state index contributed by atoms with van der Waals surface area (Å²) in [6.07, 6.45) is -0.186. The van der Waals surface area contributed by atoms with Gasteiger partial charge in [0.25, 0.3) is 0 Å². The number of hydrogen-bond acceptors (Lipinski definition) is 3. The molecule has 0 aliphatic heterocycles. The first-order valence-electron chi connectivity index (χ1n) is 5.30. The van der Waals surface area contributed by atoms with Gasteiger partial charge in [-0.25, -0.2) is 18.4 Å². The SMILES string of the molecule is O=C(Nc1ccc(F)cc1F)N[C@H](CCO)C(=O)O. The number of carbonyl (C=O) groups excluding carboxylic acids is 1. The van der Waals surface area contributed by atoms with E-state index in [2.05, 4.69) is 0 Å². The summed E-state index contributed by atoms with van der Waals surface area (Å²) < 4.78 is 25.8. The van der Waals surface area contributed by atoms with Crippen LogP contribution in [-0.2, 0) is 4.79 Å². The van der Waals surface area contributed by atoms with Crippen molar-refractivity contribution < 1.29 is 28.6 Å². The molecule has 104 valence electrons. The van der Waals surface area contributed by atoms with Gasteiger partial charge in [0.05, 0.1) is 5.69 Å². The molecule has 0 saturated heterocycles. The molecule has 1 atom stereocenters. The number of amides is 2. The zero-order valence-electron chi connectivity index (χ0n) is 9.69. The number of aliphatic hydroxyl groups is 1. The maximum atomic E-state index is 13.2. The van der Waals surface area contributed by atoms with Gasteiger partial charge in [-0.2, -0.15) is 0 Å². The van der Waals surface area contributed by atoms with Crippen LogP contribution in [-0.4, -0.2) is 34.9 Å². The summed E-state index contributed by atoms with van der Waals surface area (Å²) in [6, 6.07) is 0.269. The molecule has 1 aromatic carbocycles. The third-order valence-electron chi connectivity index (χ3n) is 2.20. The van der Waals surface area contributed by atoms with Crippen LogP contribution in [0, 0.1) is 11.6 Å². The van der Waals surface area contributed by atoms with Crippen LogP contribution in [0.2, 0.25) is 0 Å². The molecule has 0 aromatic heterocycles. The molecule has 2 amide bonds. The van der Waals surface area contributed by atoms with Crippen molar-refractivity contribution in [3.8, 4) is 0 Å². The van der Waals surface area contributed by atoms with E-state index >= 15 is 0 Å². The average molecular weight is 274 g/mol. The van der Waals surface area contributed by atoms with Crippen LogP contribution in [0.4, 0.5) is 19.3 Å². The standard InChI is InChI=1S/C11H12F2N2O4/c12-6-1-2-8(7(13)5-6)14-11(19)15-9(3-4-16)10(17)18/h1-2,5,9,16H,3-4H2,(H,17,18)(H2,14,15,19)/t9-/m1/s1. The first-order valence-corrected chi connectivity index (χ1v) is 5.30. The van der Waals surface area contributed by atoms with Gasteiger partial charge >= 0.3 is 12.0 Å². The Bertz CT molecular complexity index is 482. The fourth-order valence-electron chi connectivity index (χ4n) is 1.29. The zero-order chi connectivity index (χ0) is 14.4. The summed E-state index contributed by atoms with van der Waals surface area (Å²) in [7, 11) is 0. The fraction of sp³-hybridized carbons (Fsp3) is 0.273. The minimum Gasteiger partial charge on any atom is -0.480 e. The highest BCUT2D eigenvalue weighted by Crippen LogP contribution is 2.14. The molecule has 0 heterocycles. The normalized spacial score (nSPS) is 11.7. The molecule has 0 radical (unpaired) electrons. The van der Waals surface area contributed by atoms with E-state index in [-0.39, 0.29) is 12.1 Å². The summed E-state index contributed by atoms with van der Waals surface area (Å²) in [5.41, 5.74) is -0.285. The second-order valence-electron chi connectivity index (χ2n) is 3.63. The van der Waals surface area contributed by atoms with Gasteiger partial charge in [-0.3, -0.25) is 0 Å². The van der Waals surface area contributed by atoms with Gasteiger partial charge in [-0.05, 0) is 12.1 Å². The van der Waals surface area contributed by atoms with E-state index in [1.165, 1.54) is 0 Å². The number of hydrogen-bond donors (Lipinski definition) is 4. The Morgan fingerprint density at radius 3 is 2.53 bits per heavy atom. The number of rotatable bonds is 5. The predicted molar refractivity (Wildman–Crippen MR) is 61.6 cm³/mol. The van der Waals surface area contributed by atoms with E-state index in [0.29, 0.717) is 6.07 Å². The van der Waals surface area contributed by atoms with Gasteiger partial charge in [-0.15, -0.1) is 0 Å². The lowest BCUT2D eigenvalue weighted by molar-refractivity contribution is -0.139. The van der Waals surface area contributed by atoms with Gasteiger partial charge in [0.1, 0.15) is 17.7 Å². The van der Waals surface area contributed by atoms with E-state index in [4.69, 9.17) is 10.2 Å². The molecule has 8 heteroatoms. The lowest BCUT2D eigenvalue weighted by Gasteiger charge is -2.14. The number of aliphatic hydroxyl groups excluding tert-OH is 1. The molecule has 6 nitrogen and oxygen atoms in total. The quantitative estimate of drug-likeness (QED) is 0.641. The Morgan fingerprint density at radius 2 is 2.00 bits per heavy atom. The van der Waals surface area contributed by atoms with Crippen molar-refractivity contribution in [2.75, 3.05) is 11.9 Å². The van der Waals surface area contributed by atoms with Gasteiger partial charge in [0.2, 0.25) is 0 Å². The molecule has 1 aromatic rings. The molecule has 4 N–H and O–H groups in total. The van der Waals surface area contributed by atoms with Crippen molar-refractivity contribution in [2.24, 2.45) is 0 Å². The Kier molecular flexibility index (Phi) is 5.19. The molecular weight excluding hydrogens is 262 g/mol. The molecule has 0 unspecified atom stereocenters. The number of carboxylic acid groups (broad SMARTS) is 1. The third-order valence-corrected chi connectivity index (χ3v) is 2.20. The van der Waals surface area contributed by atoms with Crippen molar-refractivity contribution in [2.45, 2.75) is 12.5 Å². The Balaban J connectivity index is 2.66. The molecule has 0 aliphatic rings. The van der Waals surface area contributed by atoms with Gasteiger partial charge in [0.15, 0.2) is 0 Å². The van der Waals surface area contributed by atoms with Crippen molar-refractivity contribution in [1.82, 2.24) is 5.32 Å². The number of anilines is 1. The molecule has 0 fully saturated rings. The third kappa shape index (κ3) is 4.51. The number of carbonyl (C=O) groups is 2. The highest BCUT2D eigenvalue weighted by molar-refractivity contribution is 5.92. The fourth-order valence-corrected chi connectivity index (χ4v) is 1.29. The maximum Gasteiger partial charge on any atom is 0.326 e. The molecule has 0 bridgehead atoms. The van der Waals surface area contributed by atoms with Crippen LogP contribution >= 0.6 is 0 Å². The van der Waals surface area contributed by atoms with Crippen molar-refractivity contribution in [3.05, 3.63) is 29.8 Å². The number of halogens is 2. The molecular formula is C11H12F2N2O4. The lowest BCUT2D eigenvalue weighted by Crippen LogP contribution is -2.43. The number of nitrogens with one attached hydrogen (secondary N) is 2. The van der Waals surface area contributed by atoms with Crippen molar-refractivity contribution >= 4 is 17.7 Å². The van der Waals surface area contributed by atoms with E-state index in [0.717, 1.165) is 12.1 Å². The summed E-state index contributed by atoms with van der Waals surface area (Å²) in [6.45, 7) is -0.428. The first kappa shape index (κ1) is 14.8. The minimum atomic E-state index is -1.33. The Labute approximate surface area is 107 Å². The minimum absolute atomic E-state index is 0.186. The number of aliphatic carboxylic acids is 1. The van der Waals surface area contributed by atoms with E-state index in [9.17, 15) is 18.4 Å². The topological polar surface area (TPSA) is 98.7 Å². The lowest BCUT2D eigenvalue weighted by atomic mass is 10.2. The monoisotopic (exact) mass is 274 g/mol. The second kappa shape index (κ2) is 6.64. The number of urea groups is 1. The van der Waals surface area contributed by atoms with E-state index in [1.54, 1.807) is 0 Å². The maximum absolute atomic E-state index is 13.2.